The van der Waals surface area contributed by atoms with Gasteiger partial charge in [-0.3, -0.25) is 14.4 Å². The van der Waals surface area contributed by atoms with Crippen LogP contribution in [0.15, 0.2) is 122 Å². The summed E-state index contributed by atoms with van der Waals surface area (Å²) in [7, 11) is 0. The lowest BCUT2D eigenvalue weighted by Crippen LogP contribution is -2.30. The first-order valence-corrected chi connectivity index (χ1v) is 26.0. The van der Waals surface area contributed by atoms with Crippen molar-refractivity contribution in [3.8, 4) is 0 Å². The van der Waals surface area contributed by atoms with E-state index in [1.54, 1.807) is 0 Å². The molecule has 6 nitrogen and oxygen atoms in total. The van der Waals surface area contributed by atoms with E-state index >= 15 is 0 Å². The molecular weight excluding hydrogens is 805 g/mol. The largest absolute Gasteiger partial charge is 0.462 e. The Balaban J connectivity index is 4.54. The van der Waals surface area contributed by atoms with E-state index in [2.05, 4.69) is 142 Å². The number of ether oxygens (including phenoxy) is 3. The number of esters is 3. The average Bonchev–Trinajstić information content (AvgIpc) is 3.30. The maximum atomic E-state index is 12.8. The summed E-state index contributed by atoms with van der Waals surface area (Å²) in [4.78, 5) is 38.0. The Kier molecular flexibility index (Phi) is 49.1. The number of rotatable bonds is 45. The van der Waals surface area contributed by atoms with Gasteiger partial charge in [0.05, 0.1) is 0 Å². The smallest absolute Gasteiger partial charge is 0.306 e. The molecule has 0 radical (unpaired) electrons. The summed E-state index contributed by atoms with van der Waals surface area (Å²) in [6.07, 6.45) is 71.8. The Morgan fingerprint density at radius 3 is 0.969 bits per heavy atom. The van der Waals surface area contributed by atoms with Gasteiger partial charge in [-0.15, -0.1) is 0 Å². The van der Waals surface area contributed by atoms with Crippen LogP contribution in [-0.4, -0.2) is 37.2 Å². The second-order valence-electron chi connectivity index (χ2n) is 16.7. The Labute approximate surface area is 399 Å². The zero-order valence-electron chi connectivity index (χ0n) is 41.7. The first-order chi connectivity index (χ1) is 32.0. The lowest BCUT2D eigenvalue weighted by Gasteiger charge is -2.18. The average molecular weight is 899 g/mol. The highest BCUT2D eigenvalue weighted by molar-refractivity contribution is 5.71. The topological polar surface area (TPSA) is 78.9 Å². The van der Waals surface area contributed by atoms with Crippen LogP contribution >= 0.6 is 0 Å². The predicted molar refractivity (Wildman–Crippen MR) is 279 cm³/mol. The lowest BCUT2D eigenvalue weighted by molar-refractivity contribution is -0.167. The summed E-state index contributed by atoms with van der Waals surface area (Å²) in [5, 5.41) is 0. The third kappa shape index (κ3) is 50.7. The number of allylic oxidation sites excluding steroid dienone is 20. The highest BCUT2D eigenvalue weighted by Gasteiger charge is 2.19. The predicted octanol–water partition coefficient (Wildman–Crippen LogP) is 17.3. The SMILES string of the molecule is CC/C=C\C/C=C\C/C=C\C/C=C\CCCCC(=O)OCC(COC(=O)CCCCCCCCC/C=C\C/C=C\CCCCC)OC(=O)CCCC/C=C\C/C=C\C/C=C\C/C=C\CC. The van der Waals surface area contributed by atoms with Crippen molar-refractivity contribution in [2.24, 2.45) is 0 Å². The Bertz CT molecular complexity index is 1400. The molecule has 0 aliphatic rings. The fourth-order valence-electron chi connectivity index (χ4n) is 6.57. The van der Waals surface area contributed by atoms with E-state index in [1.165, 1.54) is 51.4 Å². The standard InChI is InChI=1S/C59H94O6/c1-4-7-10-13-16-19-22-25-28-29-32-34-37-40-43-46-49-52-58(61)64-55-56(65-59(62)53-50-47-44-41-38-35-31-27-24-21-18-15-12-9-6-3)54-63-57(60)51-48-45-42-39-36-33-30-26-23-20-17-14-11-8-5-2/h8-9,11-12,16-21,25-28,30-31,36,38-39,41,56H,4-7,10,13-15,22-24,29,32-35,37,40,42-55H2,1-3H3/b11-8-,12-9-,19-16-,20-17-,21-18-,28-25-,30-26-,31-27-,39-36-,41-38-. The van der Waals surface area contributed by atoms with Crippen LogP contribution in [0.1, 0.15) is 213 Å². The van der Waals surface area contributed by atoms with E-state index in [9.17, 15) is 14.4 Å². The summed E-state index contributed by atoms with van der Waals surface area (Å²) in [5.74, 6) is -1.02. The van der Waals surface area contributed by atoms with Crippen molar-refractivity contribution >= 4 is 17.9 Å². The summed E-state index contributed by atoms with van der Waals surface area (Å²) in [6, 6.07) is 0. The maximum absolute atomic E-state index is 12.8. The fourth-order valence-corrected chi connectivity index (χ4v) is 6.57. The summed E-state index contributed by atoms with van der Waals surface area (Å²) >= 11 is 0. The summed E-state index contributed by atoms with van der Waals surface area (Å²) < 4.78 is 16.7. The van der Waals surface area contributed by atoms with Gasteiger partial charge in [0, 0.05) is 19.3 Å². The minimum atomic E-state index is -0.823. The molecule has 0 aromatic rings. The van der Waals surface area contributed by atoms with Crippen LogP contribution in [0.25, 0.3) is 0 Å². The zero-order valence-corrected chi connectivity index (χ0v) is 41.7. The van der Waals surface area contributed by atoms with Gasteiger partial charge < -0.3 is 14.2 Å². The first-order valence-electron chi connectivity index (χ1n) is 26.0. The molecule has 0 saturated heterocycles. The number of carbonyl (C=O) groups is 3. The molecule has 0 N–H and O–H groups in total. The highest BCUT2D eigenvalue weighted by Crippen LogP contribution is 2.12. The van der Waals surface area contributed by atoms with Crippen LogP contribution in [0.2, 0.25) is 0 Å². The Morgan fingerprint density at radius 2 is 0.600 bits per heavy atom. The molecule has 0 aromatic carbocycles. The zero-order chi connectivity index (χ0) is 47.2. The molecule has 0 rings (SSSR count). The molecule has 0 amide bonds. The van der Waals surface area contributed by atoms with Crippen molar-refractivity contribution in [3.63, 3.8) is 0 Å². The third-order valence-corrected chi connectivity index (χ3v) is 10.4. The number of hydrogen-bond acceptors (Lipinski definition) is 6. The van der Waals surface area contributed by atoms with Gasteiger partial charge >= 0.3 is 17.9 Å². The molecule has 1 unspecified atom stereocenters. The molecule has 0 bridgehead atoms. The monoisotopic (exact) mass is 899 g/mol. The van der Waals surface area contributed by atoms with E-state index in [-0.39, 0.29) is 37.5 Å². The Morgan fingerprint density at radius 1 is 0.323 bits per heavy atom. The fraction of sp³-hybridized carbons (Fsp3) is 0.610. The van der Waals surface area contributed by atoms with Crippen molar-refractivity contribution in [1.29, 1.82) is 0 Å². The van der Waals surface area contributed by atoms with Gasteiger partial charge in [-0.25, -0.2) is 0 Å². The third-order valence-electron chi connectivity index (χ3n) is 10.4. The van der Waals surface area contributed by atoms with E-state index < -0.39 is 6.10 Å². The van der Waals surface area contributed by atoms with Gasteiger partial charge in [-0.2, -0.15) is 0 Å². The molecule has 0 aliphatic heterocycles. The normalized spacial score (nSPS) is 13.1. The number of unbranched alkanes of at least 4 members (excludes halogenated alkanes) is 14. The van der Waals surface area contributed by atoms with E-state index in [0.29, 0.717) is 25.7 Å². The summed E-state index contributed by atoms with van der Waals surface area (Å²) in [5.41, 5.74) is 0. The molecule has 0 spiro atoms. The maximum Gasteiger partial charge on any atom is 0.306 e. The van der Waals surface area contributed by atoms with Crippen molar-refractivity contribution in [1.82, 2.24) is 0 Å². The van der Waals surface area contributed by atoms with Gasteiger partial charge in [0.25, 0.3) is 0 Å². The quantitative estimate of drug-likeness (QED) is 0.0262. The summed E-state index contributed by atoms with van der Waals surface area (Å²) in [6.45, 7) is 6.29. The van der Waals surface area contributed by atoms with Crippen molar-refractivity contribution < 1.29 is 28.6 Å². The first kappa shape index (κ1) is 60.8. The molecule has 0 heterocycles. The Hall–Kier alpha value is -4.19. The van der Waals surface area contributed by atoms with E-state index in [1.807, 2.05) is 0 Å². The molecule has 6 heteroatoms. The van der Waals surface area contributed by atoms with Crippen molar-refractivity contribution in [2.45, 2.75) is 219 Å². The van der Waals surface area contributed by atoms with Gasteiger partial charge in [0.15, 0.2) is 6.10 Å². The van der Waals surface area contributed by atoms with Crippen LogP contribution in [0.3, 0.4) is 0 Å². The second kappa shape index (κ2) is 52.4. The van der Waals surface area contributed by atoms with Crippen molar-refractivity contribution in [2.75, 3.05) is 13.2 Å². The number of carbonyl (C=O) groups excluding carboxylic acids is 3. The minimum Gasteiger partial charge on any atom is -0.462 e. The van der Waals surface area contributed by atoms with Crippen LogP contribution in [-0.2, 0) is 28.6 Å². The van der Waals surface area contributed by atoms with E-state index in [4.69, 9.17) is 14.2 Å². The van der Waals surface area contributed by atoms with Crippen LogP contribution in [0, 0.1) is 0 Å². The molecule has 65 heavy (non-hydrogen) atoms. The van der Waals surface area contributed by atoms with Gasteiger partial charge in [0.2, 0.25) is 0 Å². The molecular formula is C59H94O6. The second-order valence-corrected chi connectivity index (χ2v) is 16.7. The molecule has 366 valence electrons. The molecule has 0 saturated carbocycles. The van der Waals surface area contributed by atoms with E-state index in [0.717, 1.165) is 109 Å². The van der Waals surface area contributed by atoms with Gasteiger partial charge in [0.1, 0.15) is 13.2 Å². The van der Waals surface area contributed by atoms with Gasteiger partial charge in [-0.1, -0.05) is 187 Å². The minimum absolute atomic E-state index is 0.116. The van der Waals surface area contributed by atoms with Crippen molar-refractivity contribution in [3.05, 3.63) is 122 Å². The van der Waals surface area contributed by atoms with Crippen LogP contribution in [0.5, 0.6) is 0 Å². The highest BCUT2D eigenvalue weighted by atomic mass is 16.6. The molecule has 0 aromatic heterocycles. The van der Waals surface area contributed by atoms with Gasteiger partial charge in [-0.05, 0) is 128 Å². The molecule has 0 aliphatic carbocycles. The van der Waals surface area contributed by atoms with Crippen LogP contribution < -0.4 is 0 Å². The number of hydrogen-bond donors (Lipinski definition) is 0. The molecule has 0 fully saturated rings. The molecule has 1 atom stereocenters. The van der Waals surface area contributed by atoms with Crippen LogP contribution in [0.4, 0.5) is 0 Å². The lowest BCUT2D eigenvalue weighted by atomic mass is 10.1.